The fourth-order valence-corrected chi connectivity index (χ4v) is 9.44. The number of carbonyl (C=O) groups is 12. The van der Waals surface area contributed by atoms with Gasteiger partial charge in [-0.25, -0.2) is 0 Å². The van der Waals surface area contributed by atoms with Gasteiger partial charge in [0.05, 0.1) is 47.8 Å². The Hall–Kier alpha value is -10.1. The number of ether oxygens (including phenoxy) is 6. The van der Waals surface area contributed by atoms with E-state index in [9.17, 15) is 78.0 Å². The second-order valence-corrected chi connectivity index (χ2v) is 22.8. The minimum absolute atomic E-state index is 0.0109. The van der Waals surface area contributed by atoms with Gasteiger partial charge >= 0.3 is 11.9 Å². The van der Waals surface area contributed by atoms with Crippen LogP contribution >= 0.6 is 0 Å². The van der Waals surface area contributed by atoms with Crippen molar-refractivity contribution >= 4 is 71.0 Å². The number of carboxylic acid groups (broad SMARTS) is 2. The van der Waals surface area contributed by atoms with Crippen molar-refractivity contribution in [3.05, 3.63) is 69.8 Å². The van der Waals surface area contributed by atoms with Crippen LogP contribution in [-0.4, -0.2) is 213 Å². The number of carbonyl (C=O) groups excluding carboxylic acids is 10. The number of benzene rings is 3. The zero-order chi connectivity index (χ0) is 72.2. The predicted molar refractivity (Wildman–Crippen MR) is 344 cm³/mol. The summed E-state index contributed by atoms with van der Waals surface area (Å²) < 4.78 is 36.2. The average Bonchev–Trinajstić information content (AvgIpc) is 1.73. The number of aliphatic hydroxyl groups excluding tert-OH is 2. The van der Waals surface area contributed by atoms with Gasteiger partial charge in [0.15, 0.2) is 41.1 Å². The molecule has 1 aliphatic carbocycles. The van der Waals surface area contributed by atoms with Crippen molar-refractivity contribution < 1.29 is 106 Å². The van der Waals surface area contributed by atoms with Crippen LogP contribution in [-0.2, 0) is 76.8 Å². The van der Waals surface area contributed by atoms with E-state index in [-0.39, 0.29) is 82.7 Å². The van der Waals surface area contributed by atoms with Gasteiger partial charge in [0.25, 0.3) is 5.91 Å². The number of aliphatic hydroxyl groups is 2. The summed E-state index contributed by atoms with van der Waals surface area (Å²) in [5.74, 6) is -8.27. The standard InChI is InChI=1S/C63H90N12O22/c1-31(55(66)83)70-57(85)33(3)71-56(84)32(2)69-52(78)30-97-51-27-41-21-37-23-47(93-7)49(95-17-9-15-67-62(90)44(11-13-53(79)80)74-58(86)34(4)72-60(88)42(64)28-76)25-39(37)19-36-22-46(92-6)50(26-40(36)20-38(41)24-48(51)94-8)96-18-10-16-68-63(91)45(12-14-54(81)82)75-59(87)35(5)73-61(89)43(65)29-77/h22-27,31-35,42-45,76-77H,9-21,28-30,64-65H2,1-8H3,(H2,66,83)(H,67,90)(H,68,91)(H,69,78)(H,70,85)(H,71,84)(H,72,88)(H,73,89)(H,74,86)(H,75,87)(H,79,80)(H,81,82)/t31-,32-,33-,34-,35-,42-,43-,44-,45-/m0/s1. The summed E-state index contributed by atoms with van der Waals surface area (Å²) in [7, 11) is 4.32. The Labute approximate surface area is 559 Å². The first kappa shape index (κ1) is 79.4. The van der Waals surface area contributed by atoms with Gasteiger partial charge in [-0.05, 0) is 149 Å². The minimum Gasteiger partial charge on any atom is -0.493 e. The molecule has 3 aromatic rings. The van der Waals surface area contributed by atoms with Gasteiger partial charge in [0.2, 0.25) is 53.2 Å². The molecule has 10 amide bonds. The summed E-state index contributed by atoms with van der Waals surface area (Å²) in [6.45, 7) is 4.92. The van der Waals surface area contributed by atoms with E-state index in [0.717, 1.165) is 27.8 Å². The van der Waals surface area contributed by atoms with E-state index in [0.29, 0.717) is 28.6 Å². The molecule has 0 unspecified atom stereocenters. The van der Waals surface area contributed by atoms with Crippen LogP contribution in [0.15, 0.2) is 36.4 Å². The third kappa shape index (κ3) is 25.2. The summed E-state index contributed by atoms with van der Waals surface area (Å²) in [6.07, 6.45) is -0.301. The second-order valence-electron chi connectivity index (χ2n) is 22.8. The van der Waals surface area contributed by atoms with Crippen molar-refractivity contribution in [3.8, 4) is 34.5 Å². The molecule has 34 nitrogen and oxygen atoms in total. The largest absolute Gasteiger partial charge is 0.493 e. The maximum atomic E-state index is 13.4. The van der Waals surface area contributed by atoms with Gasteiger partial charge in [-0.15, -0.1) is 0 Å². The molecule has 534 valence electrons. The molecule has 1 aliphatic rings. The monoisotopic (exact) mass is 1370 g/mol. The van der Waals surface area contributed by atoms with Gasteiger partial charge in [-0.1, -0.05) is 0 Å². The van der Waals surface area contributed by atoms with E-state index in [1.54, 1.807) is 30.3 Å². The van der Waals surface area contributed by atoms with Crippen molar-refractivity contribution in [1.82, 2.24) is 47.9 Å². The number of aliphatic carboxylic acids is 2. The Morgan fingerprint density at radius 1 is 0.423 bits per heavy atom. The molecule has 0 bridgehead atoms. The molecule has 34 heteroatoms. The lowest BCUT2D eigenvalue weighted by atomic mass is 9.94. The molecule has 19 N–H and O–H groups in total. The summed E-state index contributed by atoms with van der Waals surface area (Å²) in [5.41, 5.74) is 20.8. The lowest BCUT2D eigenvalue weighted by Crippen LogP contribution is -2.55. The molecule has 0 radical (unpaired) electrons. The van der Waals surface area contributed by atoms with Crippen LogP contribution in [0.3, 0.4) is 0 Å². The molecule has 97 heavy (non-hydrogen) atoms. The van der Waals surface area contributed by atoms with Crippen molar-refractivity contribution in [2.45, 2.75) is 147 Å². The van der Waals surface area contributed by atoms with Gasteiger partial charge in [0.1, 0.15) is 54.4 Å². The van der Waals surface area contributed by atoms with Gasteiger partial charge in [0, 0.05) is 25.9 Å². The van der Waals surface area contributed by atoms with Crippen LogP contribution in [0.2, 0.25) is 0 Å². The Morgan fingerprint density at radius 3 is 1.04 bits per heavy atom. The molecule has 9 atom stereocenters. The normalized spacial score (nSPS) is 14.2. The number of methoxy groups -OCH3 is 3. The van der Waals surface area contributed by atoms with Crippen molar-refractivity contribution in [2.75, 3.05) is 67.5 Å². The molecule has 3 aromatic carbocycles. The predicted octanol–water partition coefficient (Wildman–Crippen LogP) is -3.71. The van der Waals surface area contributed by atoms with Gasteiger partial charge in [-0.3, -0.25) is 57.5 Å². The first-order valence-electron chi connectivity index (χ1n) is 31.0. The van der Waals surface area contributed by atoms with E-state index in [2.05, 4.69) is 47.9 Å². The molecular formula is C63H90N12O22. The van der Waals surface area contributed by atoms with Crippen LogP contribution in [0.1, 0.15) is 107 Å². The smallest absolute Gasteiger partial charge is 0.303 e. The highest BCUT2D eigenvalue weighted by Crippen LogP contribution is 2.41. The van der Waals surface area contributed by atoms with Crippen molar-refractivity contribution in [2.24, 2.45) is 17.2 Å². The number of fused-ring (bicyclic) bond motifs is 3. The maximum Gasteiger partial charge on any atom is 0.303 e. The van der Waals surface area contributed by atoms with Crippen LogP contribution in [0.25, 0.3) is 0 Å². The van der Waals surface area contributed by atoms with Gasteiger partial charge in [-0.2, -0.15) is 0 Å². The van der Waals surface area contributed by atoms with E-state index >= 15 is 0 Å². The highest BCUT2D eigenvalue weighted by atomic mass is 16.5. The van der Waals surface area contributed by atoms with Crippen LogP contribution < -0.4 is 93.5 Å². The number of nitrogens with two attached hydrogens (primary N) is 3. The number of hydrogen-bond donors (Lipinski definition) is 16. The lowest BCUT2D eigenvalue weighted by Gasteiger charge is -2.22. The topological polar surface area (TPSA) is 527 Å². The number of nitrogens with one attached hydrogen (secondary N) is 9. The highest BCUT2D eigenvalue weighted by Gasteiger charge is 2.30. The van der Waals surface area contributed by atoms with Crippen LogP contribution in [0.4, 0.5) is 0 Å². The summed E-state index contributed by atoms with van der Waals surface area (Å²) in [5, 5.41) is 59.5. The Morgan fingerprint density at radius 2 is 0.722 bits per heavy atom. The third-order valence-electron chi connectivity index (χ3n) is 15.2. The zero-order valence-electron chi connectivity index (χ0n) is 55.3. The minimum atomic E-state index is -1.31. The summed E-state index contributed by atoms with van der Waals surface area (Å²) in [4.78, 5) is 150. The Kier molecular flexibility index (Phi) is 32.0. The number of carboxylic acids is 2. The van der Waals surface area contributed by atoms with Crippen molar-refractivity contribution in [1.29, 1.82) is 0 Å². The first-order valence-corrected chi connectivity index (χ1v) is 31.0. The van der Waals surface area contributed by atoms with E-state index < -0.39 is 158 Å². The van der Waals surface area contributed by atoms with E-state index in [1.807, 2.05) is 6.07 Å². The maximum absolute atomic E-state index is 13.4. The quantitative estimate of drug-likeness (QED) is 0.0191. The van der Waals surface area contributed by atoms with E-state index in [1.165, 1.54) is 55.9 Å². The fourth-order valence-electron chi connectivity index (χ4n) is 9.44. The van der Waals surface area contributed by atoms with E-state index in [4.69, 9.17) is 45.6 Å². The molecule has 0 aliphatic heterocycles. The lowest BCUT2D eigenvalue weighted by molar-refractivity contribution is -0.139. The third-order valence-corrected chi connectivity index (χ3v) is 15.2. The number of hydrogen-bond acceptors (Lipinski definition) is 22. The first-order chi connectivity index (χ1) is 45.9. The molecule has 0 saturated carbocycles. The molecule has 0 heterocycles. The van der Waals surface area contributed by atoms with Crippen LogP contribution in [0.5, 0.6) is 34.5 Å². The molecule has 0 aromatic heterocycles. The molecule has 0 saturated heterocycles. The Bertz CT molecular complexity index is 3220. The van der Waals surface area contributed by atoms with Crippen LogP contribution in [0, 0.1) is 0 Å². The van der Waals surface area contributed by atoms with Gasteiger partial charge < -0.3 is 114 Å². The highest BCUT2D eigenvalue weighted by molar-refractivity contribution is 5.95. The molecular weight excluding hydrogens is 1280 g/mol. The molecule has 0 fully saturated rings. The number of amides is 10. The summed E-state index contributed by atoms with van der Waals surface area (Å²) in [6, 6.07) is -0.134. The zero-order valence-corrected chi connectivity index (χ0v) is 55.3. The second kappa shape index (κ2) is 39.1. The fraction of sp³-hybridized carbons (Fsp3) is 0.524. The Balaban J connectivity index is 1.64. The number of primary amides is 1. The summed E-state index contributed by atoms with van der Waals surface area (Å²) >= 11 is 0. The average molecular weight is 1370 g/mol. The van der Waals surface area contributed by atoms with Crippen molar-refractivity contribution in [3.63, 3.8) is 0 Å². The molecule has 0 spiro atoms. The SMILES string of the molecule is COc1cc2c(cc1OCCCNC(=O)[C@H](CCC(=O)O)NC(=O)[C@H](C)NC(=O)[C@@H](N)CO)Cc1cc(OC)c(OCCCNC(=O)[C@H](CCC(=O)O)NC(=O)[C@H](C)NC(=O)[C@@H](N)CO)cc1Cc1cc(OC)c(OCC(=O)N[C@@H](C)C(=O)N[C@@H](C)C(=O)N[C@@H](C)C(N)=O)cc1C2. The number of rotatable bonds is 40. The molecule has 4 rings (SSSR count).